The quantitative estimate of drug-likeness (QED) is 0.0211. The number of allylic oxidation sites excluding steroid dienone is 4. The molecule has 0 aliphatic rings. The zero-order valence-electron chi connectivity index (χ0n) is 49.9. The zero-order chi connectivity index (χ0) is 54.2. The number of hydrogen-bond donors (Lipinski definition) is 1. The predicted molar refractivity (Wildman–Crippen MR) is 317 cm³/mol. The first-order valence-electron chi connectivity index (χ1n) is 32.1. The van der Waals surface area contributed by atoms with Crippen LogP contribution in [0.1, 0.15) is 322 Å². The Bertz CT molecular complexity index is 1300. The lowest BCUT2D eigenvalue weighted by atomic mass is 10.0. The van der Waals surface area contributed by atoms with Crippen molar-refractivity contribution in [2.24, 2.45) is 0 Å². The van der Waals surface area contributed by atoms with Gasteiger partial charge in [0, 0.05) is 12.8 Å². The van der Waals surface area contributed by atoms with Crippen LogP contribution in [0.5, 0.6) is 0 Å². The molecule has 0 saturated carbocycles. The summed E-state index contributed by atoms with van der Waals surface area (Å²) >= 11 is 0. The molecule has 0 saturated heterocycles. The SMILES string of the molecule is CCCCCCC/C=C\C/C=C\CCCCCCCCCCCCCCCCCCCCCCCCCC(=O)OC(COC(=O)CCCCCCCCCCCCCCCCC)COP(=O)(O)OCC[N+](C)(C)C. The second-order valence-corrected chi connectivity index (χ2v) is 24.6. The monoisotopic (exact) mass is 1070 g/mol. The molecule has 2 unspecified atom stereocenters. The standard InChI is InChI=1S/C64H124NO8P/c1-6-8-10-12-14-16-18-20-22-23-24-25-26-27-28-29-30-31-32-33-34-35-36-37-38-39-40-41-43-45-47-49-51-53-55-57-64(67)73-62(61-72-74(68,69)71-59-58-65(3,4)5)60-70-63(66)56-54-52-50-48-46-44-42-21-19-17-15-13-11-9-7-2/h18,20,23-24,62H,6-17,19,21-22,25-61H2,1-5H3/p+1/b20-18-,24-23-. The van der Waals surface area contributed by atoms with Gasteiger partial charge in [0.05, 0.1) is 27.7 Å². The predicted octanol–water partition coefficient (Wildman–Crippen LogP) is 20.2. The second kappa shape index (κ2) is 56.2. The summed E-state index contributed by atoms with van der Waals surface area (Å²) in [5.41, 5.74) is 0. The number of carbonyl (C=O) groups is 2. The van der Waals surface area contributed by atoms with Gasteiger partial charge in [0.25, 0.3) is 0 Å². The molecule has 74 heavy (non-hydrogen) atoms. The summed E-state index contributed by atoms with van der Waals surface area (Å²) in [5.74, 6) is -0.777. The molecular weight excluding hydrogens is 942 g/mol. The lowest BCUT2D eigenvalue weighted by Gasteiger charge is -2.24. The van der Waals surface area contributed by atoms with Gasteiger partial charge in [0.1, 0.15) is 19.8 Å². The van der Waals surface area contributed by atoms with Gasteiger partial charge in [0.2, 0.25) is 0 Å². The molecule has 0 radical (unpaired) electrons. The highest BCUT2D eigenvalue weighted by Crippen LogP contribution is 2.43. The number of hydrogen-bond acceptors (Lipinski definition) is 7. The Morgan fingerprint density at radius 3 is 1.07 bits per heavy atom. The van der Waals surface area contributed by atoms with E-state index in [9.17, 15) is 19.0 Å². The van der Waals surface area contributed by atoms with Gasteiger partial charge >= 0.3 is 19.8 Å². The van der Waals surface area contributed by atoms with E-state index in [1.165, 1.54) is 250 Å². The zero-order valence-corrected chi connectivity index (χ0v) is 50.8. The van der Waals surface area contributed by atoms with E-state index in [-0.39, 0.29) is 25.6 Å². The van der Waals surface area contributed by atoms with Gasteiger partial charge in [-0.3, -0.25) is 18.6 Å². The first kappa shape index (κ1) is 72.5. The molecule has 0 aromatic carbocycles. The van der Waals surface area contributed by atoms with Crippen LogP contribution in [0.25, 0.3) is 0 Å². The Morgan fingerprint density at radius 2 is 0.730 bits per heavy atom. The van der Waals surface area contributed by atoms with Gasteiger partial charge in [-0.25, -0.2) is 4.57 Å². The first-order valence-corrected chi connectivity index (χ1v) is 33.6. The van der Waals surface area contributed by atoms with Crippen LogP contribution in [0.2, 0.25) is 0 Å². The molecule has 0 aromatic rings. The molecule has 1 N–H and O–H groups in total. The summed E-state index contributed by atoms with van der Waals surface area (Å²) in [6.45, 7) is 4.48. The molecule has 0 aromatic heterocycles. The lowest BCUT2D eigenvalue weighted by Crippen LogP contribution is -2.37. The van der Waals surface area contributed by atoms with E-state index in [4.69, 9.17) is 18.5 Å². The Morgan fingerprint density at radius 1 is 0.419 bits per heavy atom. The summed E-state index contributed by atoms with van der Waals surface area (Å²) in [6.07, 6.45) is 68.5. The van der Waals surface area contributed by atoms with Crippen LogP contribution < -0.4 is 0 Å². The largest absolute Gasteiger partial charge is 0.472 e. The van der Waals surface area contributed by atoms with E-state index in [2.05, 4.69) is 38.2 Å². The maximum Gasteiger partial charge on any atom is 0.472 e. The molecule has 438 valence electrons. The molecule has 0 heterocycles. The molecule has 2 atom stereocenters. The Labute approximate surface area is 459 Å². The number of phosphoric ester groups is 1. The summed E-state index contributed by atoms with van der Waals surface area (Å²) < 4.78 is 34.6. The second-order valence-electron chi connectivity index (χ2n) is 23.2. The van der Waals surface area contributed by atoms with Crippen LogP contribution in [-0.4, -0.2) is 74.9 Å². The molecule has 0 spiro atoms. The molecule has 0 rings (SSSR count). The van der Waals surface area contributed by atoms with E-state index in [0.29, 0.717) is 17.4 Å². The van der Waals surface area contributed by atoms with Gasteiger partial charge in [-0.2, -0.15) is 0 Å². The van der Waals surface area contributed by atoms with Gasteiger partial charge in [-0.15, -0.1) is 0 Å². The van der Waals surface area contributed by atoms with Gasteiger partial charge in [-0.05, 0) is 44.9 Å². The van der Waals surface area contributed by atoms with Gasteiger partial charge < -0.3 is 18.9 Å². The normalized spacial score (nSPS) is 13.3. The molecule has 9 nitrogen and oxygen atoms in total. The summed E-state index contributed by atoms with van der Waals surface area (Å²) in [5, 5.41) is 0. The molecule has 10 heteroatoms. The van der Waals surface area contributed by atoms with Crippen LogP contribution in [0.3, 0.4) is 0 Å². The number of nitrogens with zero attached hydrogens (tertiary/aromatic N) is 1. The fourth-order valence-corrected chi connectivity index (χ4v) is 10.3. The summed E-state index contributed by atoms with van der Waals surface area (Å²) in [6, 6.07) is 0. The van der Waals surface area contributed by atoms with E-state index in [0.717, 1.165) is 44.9 Å². The third-order valence-corrected chi connectivity index (χ3v) is 15.5. The first-order chi connectivity index (χ1) is 36.0. The highest BCUT2D eigenvalue weighted by molar-refractivity contribution is 7.47. The summed E-state index contributed by atoms with van der Waals surface area (Å²) in [7, 11) is 1.50. The fourth-order valence-electron chi connectivity index (χ4n) is 9.52. The maximum absolute atomic E-state index is 12.8. The van der Waals surface area contributed by atoms with Crippen molar-refractivity contribution in [1.82, 2.24) is 0 Å². The highest BCUT2D eigenvalue weighted by atomic mass is 31.2. The maximum atomic E-state index is 12.8. The molecule has 0 aliphatic heterocycles. The third kappa shape index (κ3) is 59.7. The number of ether oxygens (including phenoxy) is 2. The minimum absolute atomic E-state index is 0.0359. The topological polar surface area (TPSA) is 108 Å². The number of esters is 2. The Kier molecular flexibility index (Phi) is 55.1. The van der Waals surface area contributed by atoms with Crippen LogP contribution in [0, 0.1) is 0 Å². The average Bonchev–Trinajstić information content (AvgIpc) is 3.36. The van der Waals surface area contributed by atoms with Gasteiger partial charge in [-0.1, -0.05) is 289 Å². The Balaban J connectivity index is 3.93. The smallest absolute Gasteiger partial charge is 0.462 e. The van der Waals surface area contributed by atoms with Crippen molar-refractivity contribution in [1.29, 1.82) is 0 Å². The number of quaternary nitrogens is 1. The van der Waals surface area contributed by atoms with E-state index >= 15 is 0 Å². The van der Waals surface area contributed by atoms with Crippen molar-refractivity contribution in [2.75, 3.05) is 47.5 Å². The summed E-state index contributed by atoms with van der Waals surface area (Å²) in [4.78, 5) is 35.7. The van der Waals surface area contributed by atoms with E-state index in [1.807, 2.05) is 21.1 Å². The van der Waals surface area contributed by atoms with E-state index in [1.54, 1.807) is 0 Å². The highest BCUT2D eigenvalue weighted by Gasteiger charge is 2.27. The molecule has 0 fully saturated rings. The van der Waals surface area contributed by atoms with Crippen molar-refractivity contribution >= 4 is 19.8 Å². The van der Waals surface area contributed by atoms with Crippen molar-refractivity contribution in [3.05, 3.63) is 24.3 Å². The van der Waals surface area contributed by atoms with E-state index < -0.39 is 26.5 Å². The number of phosphoric acid groups is 1. The number of likely N-dealkylation sites (N-methyl/N-ethyl adjacent to an activating group) is 1. The fraction of sp³-hybridized carbons (Fsp3) is 0.906. The van der Waals surface area contributed by atoms with Crippen molar-refractivity contribution in [2.45, 2.75) is 328 Å². The molecule has 0 bridgehead atoms. The molecule has 0 aliphatic carbocycles. The minimum Gasteiger partial charge on any atom is -0.462 e. The third-order valence-electron chi connectivity index (χ3n) is 14.5. The molecular formula is C64H125NO8P+. The van der Waals surface area contributed by atoms with Crippen molar-refractivity contribution < 1.29 is 42.1 Å². The lowest BCUT2D eigenvalue weighted by molar-refractivity contribution is -0.870. The van der Waals surface area contributed by atoms with Crippen molar-refractivity contribution in [3.8, 4) is 0 Å². The van der Waals surface area contributed by atoms with Gasteiger partial charge in [0.15, 0.2) is 6.10 Å². The molecule has 0 amide bonds. The average molecular weight is 1070 g/mol. The minimum atomic E-state index is -4.38. The van der Waals surface area contributed by atoms with Crippen LogP contribution in [0.15, 0.2) is 24.3 Å². The van der Waals surface area contributed by atoms with Crippen LogP contribution in [0.4, 0.5) is 0 Å². The number of carbonyl (C=O) groups excluding carboxylic acids is 2. The Hall–Kier alpha value is -1.51. The van der Waals surface area contributed by atoms with Crippen LogP contribution >= 0.6 is 7.82 Å². The number of rotatable bonds is 60. The van der Waals surface area contributed by atoms with Crippen LogP contribution in [-0.2, 0) is 32.7 Å². The number of unbranched alkanes of at least 4 members (excludes halogenated alkanes) is 42. The van der Waals surface area contributed by atoms with Crippen molar-refractivity contribution in [3.63, 3.8) is 0 Å².